The van der Waals surface area contributed by atoms with Crippen molar-refractivity contribution in [3.8, 4) is 0 Å². The summed E-state index contributed by atoms with van der Waals surface area (Å²) in [6.45, 7) is 3.76. The highest BCUT2D eigenvalue weighted by Gasteiger charge is 2.20. The highest BCUT2D eigenvalue weighted by atomic mass is 35.5. The van der Waals surface area contributed by atoms with E-state index in [1.165, 1.54) is 24.0 Å². The largest absolute Gasteiger partial charge is 0.310 e. The fraction of sp³-hybridized carbons (Fsp3) is 0.400. The first-order chi connectivity index (χ1) is 9.20. The minimum Gasteiger partial charge on any atom is -0.310 e. The Hall–Kier alpha value is -1.32. The summed E-state index contributed by atoms with van der Waals surface area (Å²) in [5.41, 5.74) is 3.57. The molecule has 1 fully saturated rings. The summed E-state index contributed by atoms with van der Waals surface area (Å²) in [4.78, 5) is 0. The molecule has 1 aromatic carbocycles. The van der Waals surface area contributed by atoms with E-state index in [2.05, 4.69) is 29.6 Å². The minimum absolute atomic E-state index is 0.732. The van der Waals surface area contributed by atoms with Crippen LogP contribution in [0.4, 0.5) is 0 Å². The topological polar surface area (TPSA) is 29.9 Å². The van der Waals surface area contributed by atoms with Gasteiger partial charge in [0.25, 0.3) is 0 Å². The Morgan fingerprint density at radius 3 is 3.00 bits per heavy atom. The van der Waals surface area contributed by atoms with Crippen molar-refractivity contribution >= 4 is 11.6 Å². The number of hydrogen-bond acceptors (Lipinski definition) is 2. The molecule has 0 unspecified atom stereocenters. The van der Waals surface area contributed by atoms with E-state index in [-0.39, 0.29) is 0 Å². The first-order valence-corrected chi connectivity index (χ1v) is 7.09. The summed E-state index contributed by atoms with van der Waals surface area (Å²) in [5.74, 6) is 0. The SMILES string of the molecule is Cc1nn(Cc2cccc(Cl)c2)cc1CNC1CC1. The smallest absolute Gasteiger partial charge is 0.0660 e. The van der Waals surface area contributed by atoms with Crippen LogP contribution in [0.25, 0.3) is 0 Å². The van der Waals surface area contributed by atoms with E-state index in [1.807, 2.05) is 22.9 Å². The fourth-order valence-corrected chi connectivity index (χ4v) is 2.39. The normalized spacial score (nSPS) is 14.8. The number of rotatable bonds is 5. The number of aryl methyl sites for hydroxylation is 1. The predicted octanol–water partition coefficient (Wildman–Crippen LogP) is 3.15. The van der Waals surface area contributed by atoms with E-state index in [4.69, 9.17) is 11.6 Å². The van der Waals surface area contributed by atoms with Crippen LogP contribution >= 0.6 is 11.6 Å². The van der Waals surface area contributed by atoms with Gasteiger partial charge in [0, 0.05) is 29.4 Å². The van der Waals surface area contributed by atoms with Crippen LogP contribution in [-0.4, -0.2) is 15.8 Å². The van der Waals surface area contributed by atoms with Crippen molar-refractivity contribution in [1.29, 1.82) is 0 Å². The summed E-state index contributed by atoms with van der Waals surface area (Å²) in [5, 5.41) is 8.87. The van der Waals surface area contributed by atoms with Crippen LogP contribution in [0.2, 0.25) is 5.02 Å². The molecule has 1 saturated carbocycles. The molecule has 4 heteroatoms. The lowest BCUT2D eigenvalue weighted by atomic mass is 10.2. The molecular formula is C15H18ClN3. The molecule has 3 rings (SSSR count). The van der Waals surface area contributed by atoms with E-state index in [9.17, 15) is 0 Å². The number of benzene rings is 1. The molecule has 1 heterocycles. The van der Waals surface area contributed by atoms with Gasteiger partial charge in [-0.25, -0.2) is 0 Å². The van der Waals surface area contributed by atoms with Gasteiger partial charge in [-0.3, -0.25) is 4.68 Å². The van der Waals surface area contributed by atoms with E-state index in [0.29, 0.717) is 0 Å². The van der Waals surface area contributed by atoms with Gasteiger partial charge in [0.05, 0.1) is 12.2 Å². The molecule has 3 nitrogen and oxygen atoms in total. The molecule has 0 radical (unpaired) electrons. The average Bonchev–Trinajstić information content (AvgIpc) is 3.12. The van der Waals surface area contributed by atoms with Crippen molar-refractivity contribution in [2.45, 2.75) is 38.9 Å². The van der Waals surface area contributed by atoms with Crippen molar-refractivity contribution < 1.29 is 0 Å². The molecule has 19 heavy (non-hydrogen) atoms. The van der Waals surface area contributed by atoms with Gasteiger partial charge in [0.15, 0.2) is 0 Å². The molecule has 0 amide bonds. The Labute approximate surface area is 118 Å². The lowest BCUT2D eigenvalue weighted by Crippen LogP contribution is -2.15. The van der Waals surface area contributed by atoms with Crippen LogP contribution in [0.3, 0.4) is 0 Å². The number of hydrogen-bond donors (Lipinski definition) is 1. The predicted molar refractivity (Wildman–Crippen MR) is 77.4 cm³/mol. The van der Waals surface area contributed by atoms with Crippen LogP contribution in [0, 0.1) is 6.92 Å². The average molecular weight is 276 g/mol. The molecular weight excluding hydrogens is 258 g/mol. The molecule has 1 N–H and O–H groups in total. The minimum atomic E-state index is 0.732. The van der Waals surface area contributed by atoms with Gasteiger partial charge >= 0.3 is 0 Å². The molecule has 0 atom stereocenters. The van der Waals surface area contributed by atoms with Gasteiger partial charge < -0.3 is 5.32 Å². The maximum Gasteiger partial charge on any atom is 0.0660 e. The Morgan fingerprint density at radius 2 is 2.26 bits per heavy atom. The van der Waals surface area contributed by atoms with Crippen molar-refractivity contribution in [3.05, 3.63) is 52.3 Å². The summed E-state index contributed by atoms with van der Waals surface area (Å²) in [6.07, 6.45) is 4.76. The van der Waals surface area contributed by atoms with Crippen molar-refractivity contribution in [2.75, 3.05) is 0 Å². The van der Waals surface area contributed by atoms with E-state index >= 15 is 0 Å². The third kappa shape index (κ3) is 3.37. The van der Waals surface area contributed by atoms with Gasteiger partial charge in [0.2, 0.25) is 0 Å². The molecule has 0 bridgehead atoms. The van der Waals surface area contributed by atoms with Gasteiger partial charge in [-0.05, 0) is 37.5 Å². The second-order valence-corrected chi connectivity index (χ2v) is 5.66. The number of halogens is 1. The number of nitrogens with one attached hydrogen (secondary N) is 1. The van der Waals surface area contributed by atoms with E-state index in [0.717, 1.165) is 29.8 Å². The molecule has 2 aromatic rings. The fourth-order valence-electron chi connectivity index (χ4n) is 2.18. The second-order valence-electron chi connectivity index (χ2n) is 5.22. The summed E-state index contributed by atoms with van der Waals surface area (Å²) >= 11 is 6.00. The highest BCUT2D eigenvalue weighted by molar-refractivity contribution is 6.30. The Kier molecular flexibility index (Phi) is 3.58. The summed E-state index contributed by atoms with van der Waals surface area (Å²) in [6, 6.07) is 8.66. The third-order valence-corrected chi connectivity index (χ3v) is 3.68. The van der Waals surface area contributed by atoms with Crippen LogP contribution in [0.15, 0.2) is 30.5 Å². The summed E-state index contributed by atoms with van der Waals surface area (Å²) < 4.78 is 1.99. The lowest BCUT2D eigenvalue weighted by Gasteiger charge is -2.02. The molecule has 1 aliphatic rings. The molecule has 0 aliphatic heterocycles. The third-order valence-electron chi connectivity index (χ3n) is 3.44. The standard InChI is InChI=1S/C15H18ClN3/c1-11-13(8-17-15-5-6-15)10-19(18-11)9-12-3-2-4-14(16)7-12/h2-4,7,10,15,17H,5-6,8-9H2,1H3. The highest BCUT2D eigenvalue weighted by Crippen LogP contribution is 2.20. The molecule has 1 aromatic heterocycles. The van der Waals surface area contributed by atoms with Crippen molar-refractivity contribution in [3.63, 3.8) is 0 Å². The van der Waals surface area contributed by atoms with E-state index in [1.54, 1.807) is 0 Å². The van der Waals surface area contributed by atoms with Crippen molar-refractivity contribution in [2.24, 2.45) is 0 Å². The van der Waals surface area contributed by atoms with Crippen LogP contribution < -0.4 is 5.32 Å². The summed E-state index contributed by atoms with van der Waals surface area (Å²) in [7, 11) is 0. The second kappa shape index (κ2) is 5.35. The Bertz CT molecular complexity index is 573. The molecule has 100 valence electrons. The molecule has 1 aliphatic carbocycles. The van der Waals surface area contributed by atoms with Gasteiger partial charge in [0.1, 0.15) is 0 Å². The Morgan fingerprint density at radius 1 is 1.42 bits per heavy atom. The zero-order valence-electron chi connectivity index (χ0n) is 11.1. The first-order valence-electron chi connectivity index (χ1n) is 6.71. The van der Waals surface area contributed by atoms with Crippen molar-refractivity contribution in [1.82, 2.24) is 15.1 Å². The van der Waals surface area contributed by atoms with Crippen LogP contribution in [-0.2, 0) is 13.1 Å². The zero-order valence-corrected chi connectivity index (χ0v) is 11.8. The first kappa shape index (κ1) is 12.7. The van der Waals surface area contributed by atoms with E-state index < -0.39 is 0 Å². The number of aromatic nitrogens is 2. The lowest BCUT2D eigenvalue weighted by molar-refractivity contribution is 0.674. The maximum atomic E-state index is 6.00. The van der Waals surface area contributed by atoms with Crippen LogP contribution in [0.1, 0.15) is 29.7 Å². The zero-order chi connectivity index (χ0) is 13.2. The van der Waals surface area contributed by atoms with Gasteiger partial charge in [-0.15, -0.1) is 0 Å². The quantitative estimate of drug-likeness (QED) is 0.908. The molecule has 0 spiro atoms. The van der Waals surface area contributed by atoms with Crippen LogP contribution in [0.5, 0.6) is 0 Å². The monoisotopic (exact) mass is 275 g/mol. The number of nitrogens with zero attached hydrogens (tertiary/aromatic N) is 2. The Balaban J connectivity index is 1.68. The van der Waals surface area contributed by atoms with Gasteiger partial charge in [-0.1, -0.05) is 23.7 Å². The van der Waals surface area contributed by atoms with Gasteiger partial charge in [-0.2, -0.15) is 5.10 Å². The molecule has 0 saturated heterocycles. The maximum absolute atomic E-state index is 6.00.